The van der Waals surface area contributed by atoms with Crippen LogP contribution in [0.2, 0.25) is 0 Å². The summed E-state index contributed by atoms with van der Waals surface area (Å²) in [6.45, 7) is 2.08. The predicted octanol–water partition coefficient (Wildman–Crippen LogP) is 2.73. The van der Waals surface area contributed by atoms with E-state index in [1.165, 1.54) is 0 Å². The Morgan fingerprint density at radius 2 is 1.95 bits per heavy atom. The number of likely N-dealkylation sites (N-methyl/N-ethyl adjacent to an activating group) is 1. The van der Waals surface area contributed by atoms with Crippen LogP contribution in [0.25, 0.3) is 12.2 Å². The lowest BCUT2D eigenvalue weighted by molar-refractivity contribution is 0.207. The molecule has 4 heteroatoms. The van der Waals surface area contributed by atoms with E-state index in [-0.39, 0.29) is 6.10 Å². The van der Waals surface area contributed by atoms with E-state index in [1.54, 1.807) is 18.6 Å². The van der Waals surface area contributed by atoms with Crippen LogP contribution in [-0.4, -0.2) is 41.1 Å². The lowest BCUT2D eigenvalue weighted by atomic mass is 10.2. The Hall–Kier alpha value is -2.20. The molecule has 1 saturated heterocycles. The molecule has 0 amide bonds. The molecular formula is C17H19N3O. The Labute approximate surface area is 125 Å². The van der Waals surface area contributed by atoms with E-state index in [1.807, 2.05) is 36.5 Å². The van der Waals surface area contributed by atoms with Crippen LogP contribution in [0.4, 0.5) is 0 Å². The van der Waals surface area contributed by atoms with Crippen molar-refractivity contribution in [1.29, 1.82) is 0 Å². The molecule has 1 fully saturated rings. The number of pyridine rings is 2. The lowest BCUT2D eigenvalue weighted by Gasteiger charge is -2.13. The summed E-state index contributed by atoms with van der Waals surface area (Å²) in [4.78, 5) is 10.5. The standard InChI is InChI=1S/C17H19N3O/c1-20-9-6-16(13-20)21-17-10-15(11-19-12-17)3-2-14-4-7-18-8-5-14/h2-5,7-8,10-12,16H,6,9,13H2,1H3/t16-/m1/s1. The highest BCUT2D eigenvalue weighted by atomic mass is 16.5. The van der Waals surface area contributed by atoms with Gasteiger partial charge in [-0.05, 0) is 42.8 Å². The minimum Gasteiger partial charge on any atom is -0.487 e. The summed E-state index contributed by atoms with van der Waals surface area (Å²) in [7, 11) is 2.12. The first-order valence-corrected chi connectivity index (χ1v) is 7.18. The van der Waals surface area contributed by atoms with Crippen molar-refractivity contribution in [3.8, 4) is 5.75 Å². The van der Waals surface area contributed by atoms with Crippen molar-refractivity contribution in [2.75, 3.05) is 20.1 Å². The zero-order valence-electron chi connectivity index (χ0n) is 12.1. The topological polar surface area (TPSA) is 38.2 Å². The van der Waals surface area contributed by atoms with Crippen LogP contribution >= 0.6 is 0 Å². The van der Waals surface area contributed by atoms with Gasteiger partial charge in [0.05, 0.1) is 6.20 Å². The first-order valence-electron chi connectivity index (χ1n) is 7.18. The van der Waals surface area contributed by atoms with Crippen LogP contribution in [0.3, 0.4) is 0 Å². The van der Waals surface area contributed by atoms with Crippen molar-refractivity contribution >= 4 is 12.2 Å². The number of nitrogens with zero attached hydrogens (tertiary/aromatic N) is 3. The molecule has 3 heterocycles. The number of likely N-dealkylation sites (tertiary alicyclic amines) is 1. The summed E-state index contributed by atoms with van der Waals surface area (Å²) in [5.41, 5.74) is 2.16. The Morgan fingerprint density at radius 3 is 2.71 bits per heavy atom. The van der Waals surface area contributed by atoms with Crippen molar-refractivity contribution < 1.29 is 4.74 Å². The van der Waals surface area contributed by atoms with Gasteiger partial charge in [0.15, 0.2) is 0 Å². The summed E-state index contributed by atoms with van der Waals surface area (Å²) in [6, 6.07) is 5.97. The van der Waals surface area contributed by atoms with Gasteiger partial charge in [0, 0.05) is 31.7 Å². The number of aromatic nitrogens is 2. The molecule has 0 aliphatic carbocycles. The highest BCUT2D eigenvalue weighted by Crippen LogP contribution is 2.19. The van der Waals surface area contributed by atoms with Crippen LogP contribution in [0.1, 0.15) is 17.5 Å². The monoisotopic (exact) mass is 281 g/mol. The van der Waals surface area contributed by atoms with Gasteiger partial charge in [0.25, 0.3) is 0 Å². The summed E-state index contributed by atoms with van der Waals surface area (Å²) >= 11 is 0. The molecule has 108 valence electrons. The second kappa shape index (κ2) is 6.50. The van der Waals surface area contributed by atoms with Gasteiger partial charge in [0.2, 0.25) is 0 Å². The fourth-order valence-electron chi connectivity index (χ4n) is 2.44. The lowest BCUT2D eigenvalue weighted by Crippen LogP contribution is -2.21. The van der Waals surface area contributed by atoms with E-state index in [2.05, 4.69) is 21.9 Å². The van der Waals surface area contributed by atoms with Gasteiger partial charge in [-0.1, -0.05) is 12.2 Å². The van der Waals surface area contributed by atoms with Crippen LogP contribution in [0.5, 0.6) is 5.75 Å². The average Bonchev–Trinajstić information content (AvgIpc) is 2.92. The molecule has 0 spiro atoms. The maximum absolute atomic E-state index is 5.99. The second-order valence-electron chi connectivity index (χ2n) is 5.36. The second-order valence-corrected chi connectivity index (χ2v) is 5.36. The minimum atomic E-state index is 0.274. The zero-order valence-corrected chi connectivity index (χ0v) is 12.1. The zero-order chi connectivity index (χ0) is 14.5. The average molecular weight is 281 g/mol. The number of rotatable bonds is 4. The van der Waals surface area contributed by atoms with Crippen LogP contribution < -0.4 is 4.74 Å². The van der Waals surface area contributed by atoms with Gasteiger partial charge in [-0.2, -0.15) is 0 Å². The number of hydrogen-bond donors (Lipinski definition) is 0. The molecule has 1 aliphatic heterocycles. The molecule has 0 radical (unpaired) electrons. The van der Waals surface area contributed by atoms with Gasteiger partial charge in [-0.3, -0.25) is 9.97 Å². The van der Waals surface area contributed by atoms with E-state index in [4.69, 9.17) is 4.74 Å². The normalized spacial score (nSPS) is 19.2. The van der Waals surface area contributed by atoms with Crippen molar-refractivity contribution in [2.24, 2.45) is 0 Å². The Morgan fingerprint density at radius 1 is 1.14 bits per heavy atom. The maximum atomic E-state index is 5.99. The van der Waals surface area contributed by atoms with E-state index in [0.29, 0.717) is 0 Å². The minimum absolute atomic E-state index is 0.274. The number of ether oxygens (including phenoxy) is 1. The third-order valence-corrected chi connectivity index (χ3v) is 3.56. The molecule has 0 bridgehead atoms. The molecule has 0 N–H and O–H groups in total. The third kappa shape index (κ3) is 3.89. The predicted molar refractivity (Wildman–Crippen MR) is 83.9 cm³/mol. The summed E-state index contributed by atoms with van der Waals surface area (Å²) in [5.74, 6) is 0.840. The maximum Gasteiger partial charge on any atom is 0.138 e. The fourth-order valence-corrected chi connectivity index (χ4v) is 2.44. The molecule has 3 rings (SSSR count). The van der Waals surface area contributed by atoms with E-state index >= 15 is 0 Å². The van der Waals surface area contributed by atoms with Crippen molar-refractivity contribution in [2.45, 2.75) is 12.5 Å². The molecular weight excluding hydrogens is 262 g/mol. The highest BCUT2D eigenvalue weighted by Gasteiger charge is 2.20. The Bertz CT molecular complexity index is 612. The smallest absolute Gasteiger partial charge is 0.138 e. The quantitative estimate of drug-likeness (QED) is 0.863. The third-order valence-electron chi connectivity index (χ3n) is 3.56. The molecule has 0 saturated carbocycles. The van der Waals surface area contributed by atoms with Crippen LogP contribution in [0.15, 0.2) is 43.0 Å². The molecule has 4 nitrogen and oxygen atoms in total. The van der Waals surface area contributed by atoms with E-state index in [0.717, 1.165) is 36.4 Å². The SMILES string of the molecule is CN1CC[C@@H](Oc2cncc(C=Cc3ccncc3)c2)C1. The van der Waals surface area contributed by atoms with Crippen LogP contribution in [0, 0.1) is 0 Å². The Balaban J connectivity index is 1.67. The molecule has 21 heavy (non-hydrogen) atoms. The van der Waals surface area contributed by atoms with Gasteiger partial charge >= 0.3 is 0 Å². The van der Waals surface area contributed by atoms with Crippen molar-refractivity contribution in [3.63, 3.8) is 0 Å². The first kappa shape index (κ1) is 13.8. The first-order chi connectivity index (χ1) is 10.3. The van der Waals surface area contributed by atoms with Gasteiger partial charge in [-0.15, -0.1) is 0 Å². The van der Waals surface area contributed by atoms with E-state index in [9.17, 15) is 0 Å². The van der Waals surface area contributed by atoms with E-state index < -0.39 is 0 Å². The molecule has 1 atom stereocenters. The highest BCUT2D eigenvalue weighted by molar-refractivity contribution is 5.69. The Kier molecular flexibility index (Phi) is 4.26. The van der Waals surface area contributed by atoms with Gasteiger partial charge < -0.3 is 9.64 Å². The molecule has 1 aliphatic rings. The summed E-state index contributed by atoms with van der Waals surface area (Å²) in [6.07, 6.45) is 12.6. The number of hydrogen-bond acceptors (Lipinski definition) is 4. The summed E-state index contributed by atoms with van der Waals surface area (Å²) in [5, 5.41) is 0. The van der Waals surface area contributed by atoms with Crippen LogP contribution in [-0.2, 0) is 0 Å². The summed E-state index contributed by atoms with van der Waals surface area (Å²) < 4.78 is 5.99. The van der Waals surface area contributed by atoms with Crippen molar-refractivity contribution in [3.05, 3.63) is 54.1 Å². The van der Waals surface area contributed by atoms with Gasteiger partial charge in [-0.25, -0.2) is 0 Å². The van der Waals surface area contributed by atoms with Gasteiger partial charge in [0.1, 0.15) is 11.9 Å². The largest absolute Gasteiger partial charge is 0.487 e. The molecule has 2 aromatic heterocycles. The molecule has 0 aromatic carbocycles. The molecule has 0 unspecified atom stereocenters. The fraction of sp³-hybridized carbons (Fsp3) is 0.294. The van der Waals surface area contributed by atoms with Crippen molar-refractivity contribution in [1.82, 2.24) is 14.9 Å². The molecule has 2 aromatic rings.